The van der Waals surface area contributed by atoms with E-state index >= 15 is 0 Å². The molecule has 1 aliphatic heterocycles. The van der Waals surface area contributed by atoms with Crippen LogP contribution in [0.5, 0.6) is 0 Å². The van der Waals surface area contributed by atoms with Crippen LogP contribution in [0.25, 0.3) is 6.08 Å². The number of amidine groups is 1. The molecule has 3 rings (SSSR count). The summed E-state index contributed by atoms with van der Waals surface area (Å²) in [5.74, 6) is -0.476. The quantitative estimate of drug-likeness (QED) is 0.851. The highest BCUT2D eigenvalue weighted by molar-refractivity contribution is 8.18. The van der Waals surface area contributed by atoms with Gasteiger partial charge in [-0.05, 0) is 74.5 Å². The molecule has 1 aliphatic rings. The molecule has 0 radical (unpaired) electrons. The van der Waals surface area contributed by atoms with Gasteiger partial charge in [-0.15, -0.1) is 0 Å². The normalized spacial score (nSPS) is 17.8. The maximum atomic E-state index is 12.9. The van der Waals surface area contributed by atoms with E-state index in [0.717, 1.165) is 17.8 Å². The molecule has 4 nitrogen and oxygen atoms in total. The SMILES string of the molecule is CCn1c(C)cc(/C=C2/SC(=Nc3ccc(F)cc3)NC2=O)c1C. The number of nitrogens with zero attached hydrogens (tertiary/aromatic N) is 2. The van der Waals surface area contributed by atoms with Crippen LogP contribution in [-0.4, -0.2) is 15.6 Å². The predicted octanol–water partition coefficient (Wildman–Crippen LogP) is 4.16. The smallest absolute Gasteiger partial charge is 0.264 e. The van der Waals surface area contributed by atoms with E-state index in [1.165, 1.54) is 29.6 Å². The highest BCUT2D eigenvalue weighted by atomic mass is 32.2. The lowest BCUT2D eigenvalue weighted by atomic mass is 10.2. The molecule has 1 aromatic carbocycles. The second-order valence-corrected chi connectivity index (χ2v) is 6.56. The Morgan fingerprint density at radius 2 is 2.00 bits per heavy atom. The zero-order chi connectivity index (χ0) is 17.3. The Bertz CT molecular complexity index is 850. The molecular weight excluding hydrogens is 325 g/mol. The Morgan fingerprint density at radius 1 is 1.29 bits per heavy atom. The number of aryl methyl sites for hydroxylation is 1. The number of carbonyl (C=O) groups excluding carboxylic acids is 1. The summed E-state index contributed by atoms with van der Waals surface area (Å²) in [5, 5.41) is 3.25. The zero-order valence-electron chi connectivity index (χ0n) is 13.8. The van der Waals surface area contributed by atoms with Crippen molar-refractivity contribution in [2.75, 3.05) is 0 Å². The minimum atomic E-state index is -0.311. The van der Waals surface area contributed by atoms with Gasteiger partial charge in [-0.3, -0.25) is 4.79 Å². The first-order chi connectivity index (χ1) is 11.5. The molecule has 2 aromatic rings. The van der Waals surface area contributed by atoms with E-state index in [1.54, 1.807) is 12.1 Å². The fraction of sp³-hybridized carbons (Fsp3) is 0.222. The number of halogens is 1. The van der Waals surface area contributed by atoms with E-state index < -0.39 is 0 Å². The van der Waals surface area contributed by atoms with E-state index in [0.29, 0.717) is 15.8 Å². The first-order valence-corrected chi connectivity index (χ1v) is 8.51. The molecule has 1 amide bonds. The van der Waals surface area contributed by atoms with Gasteiger partial charge in [-0.25, -0.2) is 9.38 Å². The number of thioether (sulfide) groups is 1. The average Bonchev–Trinajstić information content (AvgIpc) is 3.02. The number of benzene rings is 1. The monoisotopic (exact) mass is 343 g/mol. The summed E-state index contributed by atoms with van der Waals surface area (Å²) < 4.78 is 15.1. The largest absolute Gasteiger partial charge is 0.349 e. The van der Waals surface area contributed by atoms with Crippen molar-refractivity contribution in [1.29, 1.82) is 0 Å². The summed E-state index contributed by atoms with van der Waals surface area (Å²) in [6, 6.07) is 7.92. The fourth-order valence-corrected chi connectivity index (χ4v) is 3.55. The van der Waals surface area contributed by atoms with Crippen molar-refractivity contribution >= 4 is 34.6 Å². The van der Waals surface area contributed by atoms with E-state index in [4.69, 9.17) is 0 Å². The summed E-state index contributed by atoms with van der Waals surface area (Å²) in [6.45, 7) is 7.11. The molecule has 0 unspecified atom stereocenters. The molecular formula is C18H18FN3OS. The van der Waals surface area contributed by atoms with Crippen LogP contribution in [0, 0.1) is 19.7 Å². The van der Waals surface area contributed by atoms with Crippen LogP contribution in [0.3, 0.4) is 0 Å². The zero-order valence-corrected chi connectivity index (χ0v) is 14.6. The summed E-state index contributed by atoms with van der Waals surface area (Å²) in [5.41, 5.74) is 3.95. The van der Waals surface area contributed by atoms with Crippen molar-refractivity contribution in [2.45, 2.75) is 27.3 Å². The lowest BCUT2D eigenvalue weighted by molar-refractivity contribution is -0.115. The van der Waals surface area contributed by atoms with E-state index in [-0.39, 0.29) is 11.7 Å². The van der Waals surface area contributed by atoms with Crippen LogP contribution in [0.15, 0.2) is 40.2 Å². The van der Waals surface area contributed by atoms with Crippen molar-refractivity contribution in [3.63, 3.8) is 0 Å². The Balaban J connectivity index is 1.86. The standard InChI is InChI=1S/C18H18FN3OS/c1-4-22-11(2)9-13(12(22)3)10-16-17(23)21-18(24-16)20-15-7-5-14(19)6-8-15/h5-10H,4H2,1-3H3,(H,20,21,23)/b16-10+. The van der Waals surface area contributed by atoms with Gasteiger partial charge in [0.25, 0.3) is 5.91 Å². The molecule has 6 heteroatoms. The number of aromatic nitrogens is 1. The maximum Gasteiger partial charge on any atom is 0.264 e. The van der Waals surface area contributed by atoms with Gasteiger partial charge in [-0.1, -0.05) is 0 Å². The van der Waals surface area contributed by atoms with Gasteiger partial charge in [0.15, 0.2) is 5.17 Å². The molecule has 124 valence electrons. The molecule has 24 heavy (non-hydrogen) atoms. The van der Waals surface area contributed by atoms with Crippen LogP contribution in [0.4, 0.5) is 10.1 Å². The number of hydrogen-bond acceptors (Lipinski definition) is 3. The topological polar surface area (TPSA) is 46.4 Å². The van der Waals surface area contributed by atoms with Crippen LogP contribution in [0.2, 0.25) is 0 Å². The van der Waals surface area contributed by atoms with E-state index in [1.807, 2.05) is 13.0 Å². The van der Waals surface area contributed by atoms with Crippen LogP contribution < -0.4 is 5.32 Å². The lowest BCUT2D eigenvalue weighted by Gasteiger charge is -2.04. The minimum Gasteiger partial charge on any atom is -0.349 e. The Labute approximate surface area is 144 Å². The highest BCUT2D eigenvalue weighted by Gasteiger charge is 2.24. The Morgan fingerprint density at radius 3 is 2.62 bits per heavy atom. The molecule has 0 atom stereocenters. The first kappa shape index (κ1) is 16.5. The van der Waals surface area contributed by atoms with Crippen molar-refractivity contribution in [2.24, 2.45) is 4.99 Å². The highest BCUT2D eigenvalue weighted by Crippen LogP contribution is 2.29. The molecule has 0 spiro atoms. The van der Waals surface area contributed by atoms with Crippen LogP contribution >= 0.6 is 11.8 Å². The Kier molecular flexibility index (Phi) is 4.57. The summed E-state index contributed by atoms with van der Waals surface area (Å²) in [7, 11) is 0. The van der Waals surface area contributed by atoms with Crippen molar-refractivity contribution in [3.05, 3.63) is 58.0 Å². The third kappa shape index (κ3) is 3.28. The van der Waals surface area contributed by atoms with Crippen molar-refractivity contribution in [1.82, 2.24) is 9.88 Å². The minimum absolute atomic E-state index is 0.165. The number of carbonyl (C=O) groups is 1. The van der Waals surface area contributed by atoms with Crippen molar-refractivity contribution in [3.8, 4) is 0 Å². The maximum absolute atomic E-state index is 12.9. The van der Waals surface area contributed by atoms with Gasteiger partial charge in [-0.2, -0.15) is 0 Å². The third-order valence-electron chi connectivity index (χ3n) is 3.92. The molecule has 0 aliphatic carbocycles. The van der Waals surface area contributed by atoms with Gasteiger partial charge >= 0.3 is 0 Å². The molecule has 1 saturated heterocycles. The predicted molar refractivity (Wildman–Crippen MR) is 96.8 cm³/mol. The average molecular weight is 343 g/mol. The summed E-state index contributed by atoms with van der Waals surface area (Å²) >= 11 is 1.29. The molecule has 1 N–H and O–H groups in total. The second-order valence-electron chi connectivity index (χ2n) is 5.53. The molecule has 0 bridgehead atoms. The second kappa shape index (κ2) is 6.65. The number of rotatable bonds is 3. The summed E-state index contributed by atoms with van der Waals surface area (Å²) in [4.78, 5) is 17.1. The lowest BCUT2D eigenvalue weighted by Crippen LogP contribution is -2.19. The van der Waals surface area contributed by atoms with Crippen LogP contribution in [0.1, 0.15) is 23.9 Å². The number of amides is 1. The Hall–Kier alpha value is -2.34. The van der Waals surface area contributed by atoms with E-state index in [9.17, 15) is 9.18 Å². The third-order valence-corrected chi connectivity index (χ3v) is 4.83. The van der Waals surface area contributed by atoms with Crippen LogP contribution in [-0.2, 0) is 11.3 Å². The number of nitrogens with one attached hydrogen (secondary N) is 1. The van der Waals surface area contributed by atoms with Gasteiger partial charge in [0.05, 0.1) is 10.6 Å². The molecule has 2 heterocycles. The first-order valence-electron chi connectivity index (χ1n) is 7.70. The van der Waals surface area contributed by atoms with E-state index in [2.05, 4.69) is 34.8 Å². The van der Waals surface area contributed by atoms with Gasteiger partial charge in [0.2, 0.25) is 0 Å². The molecule has 1 aromatic heterocycles. The number of aliphatic imine (C=N–C) groups is 1. The number of hydrogen-bond donors (Lipinski definition) is 1. The van der Waals surface area contributed by atoms with Crippen molar-refractivity contribution < 1.29 is 9.18 Å². The van der Waals surface area contributed by atoms with Gasteiger partial charge in [0.1, 0.15) is 5.82 Å². The van der Waals surface area contributed by atoms with Gasteiger partial charge in [0, 0.05) is 17.9 Å². The van der Waals surface area contributed by atoms with Gasteiger partial charge < -0.3 is 9.88 Å². The summed E-state index contributed by atoms with van der Waals surface area (Å²) in [6.07, 6.45) is 1.89. The molecule has 1 fully saturated rings. The fourth-order valence-electron chi connectivity index (χ4n) is 2.72. The molecule has 0 saturated carbocycles.